The summed E-state index contributed by atoms with van der Waals surface area (Å²) in [5.74, 6) is 0.383. The summed E-state index contributed by atoms with van der Waals surface area (Å²) in [5.41, 5.74) is 0.950. The average molecular weight is 268 g/mol. The third-order valence-electron chi connectivity index (χ3n) is 1.87. The lowest BCUT2D eigenvalue weighted by atomic mass is 10.1. The topological polar surface area (TPSA) is 50.1 Å². The molecule has 0 saturated carbocycles. The number of nitrogens with zero attached hydrogens (tertiary/aromatic N) is 1. The molecule has 0 atom stereocenters. The second kappa shape index (κ2) is 4.94. The van der Waals surface area contributed by atoms with Crippen LogP contribution in [0.2, 0.25) is 0 Å². The molecule has 0 radical (unpaired) electrons. The number of ketones is 1. The number of Topliss-reactive ketones (excluding diaryl/α,β-unsaturated/α-hetero) is 1. The fourth-order valence-corrected chi connectivity index (χ4v) is 1.62. The van der Waals surface area contributed by atoms with Gasteiger partial charge in [-0.3, -0.25) is 4.79 Å². The van der Waals surface area contributed by atoms with Gasteiger partial charge in [-0.2, -0.15) is 5.26 Å². The minimum Gasteiger partial charge on any atom is -0.493 e. The zero-order valence-corrected chi connectivity index (χ0v) is 10.1. The van der Waals surface area contributed by atoms with Gasteiger partial charge in [-0.15, -0.1) is 0 Å². The number of halogens is 1. The first kappa shape index (κ1) is 11.7. The highest BCUT2D eigenvalue weighted by atomic mass is 79.9. The molecule has 0 aliphatic heterocycles. The Labute approximate surface area is 96.8 Å². The molecule has 15 heavy (non-hydrogen) atoms. The molecule has 0 spiro atoms. The summed E-state index contributed by atoms with van der Waals surface area (Å²) in [6, 6.07) is 5.21. The van der Waals surface area contributed by atoms with Crippen molar-refractivity contribution in [1.82, 2.24) is 0 Å². The molecule has 1 aromatic rings. The largest absolute Gasteiger partial charge is 0.493 e. The number of benzene rings is 1. The Morgan fingerprint density at radius 2 is 2.27 bits per heavy atom. The molecule has 0 heterocycles. The summed E-state index contributed by atoms with van der Waals surface area (Å²) in [6.07, 6.45) is 0. The average Bonchev–Trinajstić information content (AvgIpc) is 2.20. The van der Waals surface area contributed by atoms with Gasteiger partial charge in [0.2, 0.25) is 0 Å². The summed E-state index contributed by atoms with van der Waals surface area (Å²) >= 11 is 3.23. The van der Waals surface area contributed by atoms with E-state index >= 15 is 0 Å². The Hall–Kier alpha value is -1.34. The summed E-state index contributed by atoms with van der Waals surface area (Å²) in [6.45, 7) is 3.77. The molecular weight excluding hydrogens is 258 g/mol. The maximum absolute atomic E-state index is 11.3. The molecule has 0 amide bonds. The van der Waals surface area contributed by atoms with Gasteiger partial charge in [0.25, 0.3) is 0 Å². The normalized spacial score (nSPS) is 9.47. The number of ether oxygens (including phenoxy) is 1. The summed E-state index contributed by atoms with van der Waals surface area (Å²) in [5, 5.41) is 8.82. The molecule has 0 unspecified atom stereocenters. The summed E-state index contributed by atoms with van der Waals surface area (Å²) in [4.78, 5) is 11.3. The van der Waals surface area contributed by atoms with E-state index in [-0.39, 0.29) is 5.78 Å². The van der Waals surface area contributed by atoms with Crippen molar-refractivity contribution in [2.45, 2.75) is 13.8 Å². The van der Waals surface area contributed by atoms with Gasteiger partial charge < -0.3 is 4.74 Å². The Morgan fingerprint density at radius 1 is 1.60 bits per heavy atom. The van der Waals surface area contributed by atoms with Gasteiger partial charge in [-0.05, 0) is 41.9 Å². The van der Waals surface area contributed by atoms with Crippen LogP contribution in [0.3, 0.4) is 0 Å². The second-order valence-electron chi connectivity index (χ2n) is 2.93. The molecular formula is C11H10BrNO2. The van der Waals surface area contributed by atoms with Crippen molar-refractivity contribution in [3.8, 4) is 11.8 Å². The minimum absolute atomic E-state index is 0.0800. The first-order valence-electron chi connectivity index (χ1n) is 4.47. The predicted octanol–water partition coefficient (Wildman–Crippen LogP) is 2.92. The molecule has 4 heteroatoms. The third-order valence-corrected chi connectivity index (χ3v) is 2.52. The molecule has 0 bridgehead atoms. The van der Waals surface area contributed by atoms with Crippen molar-refractivity contribution in [1.29, 1.82) is 5.26 Å². The maximum Gasteiger partial charge on any atom is 0.163 e. The van der Waals surface area contributed by atoms with E-state index in [4.69, 9.17) is 10.00 Å². The highest BCUT2D eigenvalue weighted by Gasteiger charge is 2.12. The molecule has 0 aliphatic carbocycles. The van der Waals surface area contributed by atoms with E-state index in [9.17, 15) is 4.79 Å². The van der Waals surface area contributed by atoms with Crippen LogP contribution in [0.25, 0.3) is 0 Å². The molecule has 1 aromatic carbocycles. The van der Waals surface area contributed by atoms with Gasteiger partial charge in [0.1, 0.15) is 11.8 Å². The van der Waals surface area contributed by atoms with Crippen LogP contribution in [0.5, 0.6) is 5.75 Å². The van der Waals surface area contributed by atoms with E-state index in [0.29, 0.717) is 28.0 Å². The van der Waals surface area contributed by atoms with Crippen LogP contribution < -0.4 is 4.74 Å². The SMILES string of the molecule is CCOc1cc(C#N)c(Br)cc1C(C)=O. The van der Waals surface area contributed by atoms with Crippen LogP contribution in [-0.4, -0.2) is 12.4 Å². The van der Waals surface area contributed by atoms with Crippen molar-refractivity contribution in [2.75, 3.05) is 6.61 Å². The van der Waals surface area contributed by atoms with Crippen LogP contribution in [-0.2, 0) is 0 Å². The number of hydrogen-bond donors (Lipinski definition) is 0. The zero-order chi connectivity index (χ0) is 11.4. The molecule has 3 nitrogen and oxygen atoms in total. The van der Waals surface area contributed by atoms with E-state index in [2.05, 4.69) is 15.9 Å². The molecule has 0 saturated heterocycles. The first-order chi connectivity index (χ1) is 7.10. The lowest BCUT2D eigenvalue weighted by Gasteiger charge is -2.09. The standard InChI is InChI=1S/C11H10BrNO2/c1-3-15-11-4-8(6-13)10(12)5-9(11)7(2)14/h4-5H,3H2,1-2H3. The van der Waals surface area contributed by atoms with Crippen LogP contribution in [0.15, 0.2) is 16.6 Å². The smallest absolute Gasteiger partial charge is 0.163 e. The van der Waals surface area contributed by atoms with Crippen molar-refractivity contribution in [3.05, 3.63) is 27.7 Å². The number of carbonyl (C=O) groups excluding carboxylic acids is 1. The fraction of sp³-hybridized carbons (Fsp3) is 0.273. The van der Waals surface area contributed by atoms with Crippen molar-refractivity contribution in [3.63, 3.8) is 0 Å². The Bertz CT molecular complexity index is 435. The van der Waals surface area contributed by atoms with E-state index in [0.717, 1.165) is 0 Å². The zero-order valence-electron chi connectivity index (χ0n) is 8.50. The van der Waals surface area contributed by atoms with Crippen LogP contribution in [0.4, 0.5) is 0 Å². The van der Waals surface area contributed by atoms with Crippen LogP contribution in [0, 0.1) is 11.3 Å². The number of nitriles is 1. The molecule has 0 aliphatic rings. The van der Waals surface area contributed by atoms with Crippen molar-refractivity contribution < 1.29 is 9.53 Å². The van der Waals surface area contributed by atoms with Gasteiger partial charge in [0, 0.05) is 4.47 Å². The highest BCUT2D eigenvalue weighted by molar-refractivity contribution is 9.10. The quantitative estimate of drug-likeness (QED) is 0.792. The van der Waals surface area contributed by atoms with Crippen LogP contribution >= 0.6 is 15.9 Å². The molecule has 0 fully saturated rings. The Balaban J connectivity index is 3.33. The molecule has 0 aromatic heterocycles. The van der Waals surface area contributed by atoms with Gasteiger partial charge in [0.05, 0.1) is 17.7 Å². The van der Waals surface area contributed by atoms with E-state index in [1.807, 2.05) is 13.0 Å². The Kier molecular flexibility index (Phi) is 3.87. The number of carbonyl (C=O) groups is 1. The highest BCUT2D eigenvalue weighted by Crippen LogP contribution is 2.27. The predicted molar refractivity (Wildman–Crippen MR) is 60.0 cm³/mol. The van der Waals surface area contributed by atoms with Gasteiger partial charge >= 0.3 is 0 Å². The van der Waals surface area contributed by atoms with E-state index in [1.165, 1.54) is 6.92 Å². The third kappa shape index (κ3) is 2.57. The maximum atomic E-state index is 11.3. The number of rotatable bonds is 3. The van der Waals surface area contributed by atoms with E-state index in [1.54, 1.807) is 12.1 Å². The lowest BCUT2D eigenvalue weighted by Crippen LogP contribution is -2.01. The summed E-state index contributed by atoms with van der Waals surface area (Å²) < 4.78 is 5.91. The van der Waals surface area contributed by atoms with Gasteiger partial charge in [-0.25, -0.2) is 0 Å². The van der Waals surface area contributed by atoms with Crippen molar-refractivity contribution in [2.24, 2.45) is 0 Å². The Morgan fingerprint density at radius 3 is 2.73 bits per heavy atom. The van der Waals surface area contributed by atoms with E-state index < -0.39 is 0 Å². The van der Waals surface area contributed by atoms with Crippen molar-refractivity contribution >= 4 is 21.7 Å². The van der Waals surface area contributed by atoms with Crippen LogP contribution in [0.1, 0.15) is 29.8 Å². The minimum atomic E-state index is -0.0800. The molecule has 0 N–H and O–H groups in total. The second-order valence-corrected chi connectivity index (χ2v) is 3.78. The molecule has 78 valence electrons. The van der Waals surface area contributed by atoms with Gasteiger partial charge in [0.15, 0.2) is 5.78 Å². The fourth-order valence-electron chi connectivity index (χ4n) is 1.19. The first-order valence-corrected chi connectivity index (χ1v) is 5.26. The monoisotopic (exact) mass is 267 g/mol. The molecule has 1 rings (SSSR count). The van der Waals surface area contributed by atoms with Gasteiger partial charge in [-0.1, -0.05) is 0 Å². The lowest BCUT2D eigenvalue weighted by molar-refractivity contribution is 0.101. The summed E-state index contributed by atoms with van der Waals surface area (Å²) in [7, 11) is 0. The number of hydrogen-bond acceptors (Lipinski definition) is 3.